The third-order valence-corrected chi connectivity index (χ3v) is 5.59. The zero-order valence-corrected chi connectivity index (χ0v) is 16.3. The Hall–Kier alpha value is -2.51. The molecule has 1 aromatic carbocycles. The highest BCUT2D eigenvalue weighted by Crippen LogP contribution is 2.31. The van der Waals surface area contributed by atoms with Gasteiger partial charge in [0.2, 0.25) is 0 Å². The van der Waals surface area contributed by atoms with Crippen LogP contribution in [-0.4, -0.2) is 28.5 Å². The standard InChI is InChI=1S/C19H19ClN4O2S/c1-12(10-23-19(25)16-4-5-17(20)27-16)9-22-13-2-3-14-15(8-13)26-11-18-21-6-7-24(14)18/h2-8,12,22H,9-11H2,1H3,(H,23,25)/t12-/m1/s1. The third-order valence-electron chi connectivity index (χ3n) is 4.36. The van der Waals surface area contributed by atoms with Crippen LogP contribution in [0.5, 0.6) is 5.75 Å². The zero-order valence-electron chi connectivity index (χ0n) is 14.7. The number of anilines is 1. The lowest BCUT2D eigenvalue weighted by molar-refractivity contribution is 0.0953. The number of nitrogens with one attached hydrogen (secondary N) is 2. The molecule has 6 nitrogen and oxygen atoms in total. The van der Waals surface area contributed by atoms with E-state index in [1.165, 1.54) is 11.3 Å². The Morgan fingerprint density at radius 1 is 1.37 bits per heavy atom. The lowest BCUT2D eigenvalue weighted by Crippen LogP contribution is -2.30. The van der Waals surface area contributed by atoms with E-state index in [1.807, 2.05) is 29.0 Å². The molecule has 3 aromatic rings. The molecule has 4 rings (SSSR count). The second-order valence-corrected chi connectivity index (χ2v) is 8.20. The number of rotatable bonds is 6. The number of hydrogen-bond acceptors (Lipinski definition) is 5. The number of imidazole rings is 1. The molecule has 0 unspecified atom stereocenters. The predicted molar refractivity (Wildman–Crippen MR) is 107 cm³/mol. The van der Waals surface area contributed by atoms with Gasteiger partial charge in [-0.05, 0) is 30.2 Å². The molecule has 3 heterocycles. The number of benzene rings is 1. The summed E-state index contributed by atoms with van der Waals surface area (Å²) in [4.78, 5) is 17.0. The van der Waals surface area contributed by atoms with Crippen molar-refractivity contribution in [3.8, 4) is 11.4 Å². The minimum Gasteiger partial charge on any atom is -0.483 e. The second kappa shape index (κ2) is 7.62. The molecule has 0 fully saturated rings. The van der Waals surface area contributed by atoms with Crippen molar-refractivity contribution in [1.29, 1.82) is 0 Å². The van der Waals surface area contributed by atoms with E-state index in [9.17, 15) is 4.79 Å². The van der Waals surface area contributed by atoms with Crippen molar-refractivity contribution >= 4 is 34.5 Å². The molecule has 8 heteroatoms. The van der Waals surface area contributed by atoms with Gasteiger partial charge in [-0.25, -0.2) is 4.98 Å². The first kappa shape index (κ1) is 17.9. The highest BCUT2D eigenvalue weighted by molar-refractivity contribution is 7.17. The summed E-state index contributed by atoms with van der Waals surface area (Å²) in [6, 6.07) is 9.52. The van der Waals surface area contributed by atoms with E-state index in [1.54, 1.807) is 18.3 Å². The van der Waals surface area contributed by atoms with Crippen molar-refractivity contribution in [3.05, 3.63) is 57.8 Å². The molecule has 0 spiro atoms. The van der Waals surface area contributed by atoms with Crippen LogP contribution in [0.2, 0.25) is 4.34 Å². The number of halogens is 1. The number of ether oxygens (including phenoxy) is 1. The van der Waals surface area contributed by atoms with E-state index in [0.717, 1.165) is 29.5 Å². The molecule has 1 aliphatic heterocycles. The van der Waals surface area contributed by atoms with Crippen LogP contribution in [0.3, 0.4) is 0 Å². The van der Waals surface area contributed by atoms with Crippen molar-refractivity contribution in [1.82, 2.24) is 14.9 Å². The van der Waals surface area contributed by atoms with Gasteiger partial charge in [-0.1, -0.05) is 18.5 Å². The third kappa shape index (κ3) is 3.94. The van der Waals surface area contributed by atoms with Gasteiger partial charge in [0, 0.05) is 37.2 Å². The molecule has 1 atom stereocenters. The quantitative estimate of drug-likeness (QED) is 0.654. The van der Waals surface area contributed by atoms with Crippen molar-refractivity contribution in [2.45, 2.75) is 13.5 Å². The first-order valence-electron chi connectivity index (χ1n) is 8.67. The number of carbonyl (C=O) groups is 1. The van der Waals surface area contributed by atoms with Crippen LogP contribution in [-0.2, 0) is 6.61 Å². The Balaban J connectivity index is 1.31. The largest absolute Gasteiger partial charge is 0.483 e. The molecule has 27 heavy (non-hydrogen) atoms. The van der Waals surface area contributed by atoms with Crippen LogP contribution in [0.4, 0.5) is 5.69 Å². The lowest BCUT2D eigenvalue weighted by Gasteiger charge is -2.21. The number of hydrogen-bond donors (Lipinski definition) is 2. The van der Waals surface area contributed by atoms with Gasteiger partial charge >= 0.3 is 0 Å². The number of amides is 1. The Kier molecular flexibility index (Phi) is 5.05. The summed E-state index contributed by atoms with van der Waals surface area (Å²) in [6.07, 6.45) is 3.72. The topological polar surface area (TPSA) is 68.2 Å². The Morgan fingerprint density at radius 2 is 2.26 bits per heavy atom. The molecule has 0 aliphatic carbocycles. The normalized spacial score (nSPS) is 13.3. The van der Waals surface area contributed by atoms with Gasteiger partial charge < -0.3 is 15.4 Å². The van der Waals surface area contributed by atoms with E-state index < -0.39 is 0 Å². The number of aromatic nitrogens is 2. The fraction of sp³-hybridized carbons (Fsp3) is 0.263. The number of carbonyl (C=O) groups excluding carboxylic acids is 1. The van der Waals surface area contributed by atoms with Crippen LogP contribution >= 0.6 is 22.9 Å². The maximum absolute atomic E-state index is 12.1. The molecule has 0 bridgehead atoms. The van der Waals surface area contributed by atoms with Crippen molar-refractivity contribution < 1.29 is 9.53 Å². The molecule has 140 valence electrons. The van der Waals surface area contributed by atoms with Crippen LogP contribution < -0.4 is 15.4 Å². The SMILES string of the molecule is C[C@@H](CNC(=O)c1ccc(Cl)s1)CNc1ccc2c(c1)OCc1nccn1-2. The minimum atomic E-state index is -0.0860. The second-order valence-electron chi connectivity index (χ2n) is 6.48. The summed E-state index contributed by atoms with van der Waals surface area (Å²) >= 11 is 7.15. The van der Waals surface area contributed by atoms with Crippen molar-refractivity contribution in [2.75, 3.05) is 18.4 Å². The Bertz CT molecular complexity index is 968. The van der Waals surface area contributed by atoms with Crippen molar-refractivity contribution in [2.24, 2.45) is 5.92 Å². The molecule has 0 saturated heterocycles. The molecule has 1 amide bonds. The van der Waals surface area contributed by atoms with E-state index in [0.29, 0.717) is 22.4 Å². The molecule has 1 aliphatic rings. The molecule has 2 aromatic heterocycles. The van der Waals surface area contributed by atoms with Gasteiger partial charge in [0.05, 0.1) is 14.9 Å². The van der Waals surface area contributed by atoms with Gasteiger partial charge in [0.25, 0.3) is 5.91 Å². The monoisotopic (exact) mass is 402 g/mol. The van der Waals surface area contributed by atoms with E-state index in [-0.39, 0.29) is 11.8 Å². The predicted octanol–water partition coefficient (Wildman–Crippen LogP) is 3.96. The number of thiophene rings is 1. The van der Waals surface area contributed by atoms with Crippen molar-refractivity contribution in [3.63, 3.8) is 0 Å². The van der Waals surface area contributed by atoms with Crippen LogP contribution in [0.15, 0.2) is 42.7 Å². The zero-order chi connectivity index (χ0) is 18.8. The van der Waals surface area contributed by atoms with Crippen LogP contribution in [0.25, 0.3) is 5.69 Å². The fourth-order valence-electron chi connectivity index (χ4n) is 2.90. The van der Waals surface area contributed by atoms with E-state index in [4.69, 9.17) is 16.3 Å². The van der Waals surface area contributed by atoms with Gasteiger partial charge in [-0.3, -0.25) is 9.36 Å². The summed E-state index contributed by atoms with van der Waals surface area (Å²) in [5, 5.41) is 6.35. The molecule has 0 radical (unpaired) electrons. The average molecular weight is 403 g/mol. The van der Waals surface area contributed by atoms with Gasteiger partial charge in [-0.15, -0.1) is 11.3 Å². The molecular weight excluding hydrogens is 384 g/mol. The van der Waals surface area contributed by atoms with Gasteiger partial charge in [0.15, 0.2) is 5.82 Å². The van der Waals surface area contributed by atoms with Gasteiger partial charge in [-0.2, -0.15) is 0 Å². The highest BCUT2D eigenvalue weighted by atomic mass is 35.5. The summed E-state index contributed by atoms with van der Waals surface area (Å²) in [6.45, 7) is 3.88. The van der Waals surface area contributed by atoms with Gasteiger partial charge in [0.1, 0.15) is 12.4 Å². The van der Waals surface area contributed by atoms with E-state index >= 15 is 0 Å². The maximum atomic E-state index is 12.1. The van der Waals surface area contributed by atoms with Crippen LogP contribution in [0, 0.1) is 5.92 Å². The number of fused-ring (bicyclic) bond motifs is 3. The summed E-state index contributed by atoms with van der Waals surface area (Å²) < 4.78 is 8.45. The summed E-state index contributed by atoms with van der Waals surface area (Å²) in [5.41, 5.74) is 1.98. The average Bonchev–Trinajstić information content (AvgIpc) is 3.33. The highest BCUT2D eigenvalue weighted by Gasteiger charge is 2.17. The first-order chi connectivity index (χ1) is 13.1. The molecule has 2 N–H and O–H groups in total. The summed E-state index contributed by atoms with van der Waals surface area (Å²) in [5.74, 6) is 1.92. The number of nitrogens with zero attached hydrogens (tertiary/aromatic N) is 2. The Labute approximate surface area is 166 Å². The Morgan fingerprint density at radius 3 is 3.07 bits per heavy atom. The maximum Gasteiger partial charge on any atom is 0.261 e. The summed E-state index contributed by atoms with van der Waals surface area (Å²) in [7, 11) is 0. The first-order valence-corrected chi connectivity index (χ1v) is 9.86. The lowest BCUT2D eigenvalue weighted by atomic mass is 10.1. The van der Waals surface area contributed by atoms with E-state index in [2.05, 4.69) is 22.5 Å². The molecular formula is C19H19ClN4O2S. The minimum absolute atomic E-state index is 0.0860. The fourth-order valence-corrected chi connectivity index (χ4v) is 3.86. The van der Waals surface area contributed by atoms with Crippen LogP contribution in [0.1, 0.15) is 22.4 Å². The molecule has 0 saturated carbocycles. The smallest absolute Gasteiger partial charge is 0.261 e.